The van der Waals surface area contributed by atoms with E-state index in [0.717, 1.165) is 25.9 Å². The molecule has 2 aromatic heterocycles. The number of nitrogens with zero attached hydrogens (tertiary/aromatic N) is 1. The molecule has 1 aliphatic rings. The molecule has 1 fully saturated rings. The van der Waals surface area contributed by atoms with Crippen LogP contribution in [0.15, 0.2) is 36.0 Å². The van der Waals surface area contributed by atoms with Crippen LogP contribution in [0.4, 0.5) is 5.69 Å². The van der Waals surface area contributed by atoms with Crippen LogP contribution in [0.1, 0.15) is 32.9 Å². The summed E-state index contributed by atoms with van der Waals surface area (Å²) >= 11 is 1.33. The maximum Gasteiger partial charge on any atom is 0.263 e. The minimum Gasteiger partial charge on any atom is -0.351 e. The molecule has 0 saturated carbocycles. The number of carbonyl (C=O) groups excluding carboxylic acids is 2. The van der Waals surface area contributed by atoms with Crippen molar-refractivity contribution in [3.8, 4) is 0 Å². The zero-order chi connectivity index (χ0) is 16.8. The van der Waals surface area contributed by atoms with Crippen molar-refractivity contribution < 1.29 is 9.59 Å². The van der Waals surface area contributed by atoms with E-state index in [1.165, 1.54) is 11.3 Å². The molecule has 1 saturated heterocycles. The molecule has 9 heteroatoms. The van der Waals surface area contributed by atoms with Crippen molar-refractivity contribution in [1.29, 1.82) is 0 Å². The lowest BCUT2D eigenvalue weighted by Gasteiger charge is -2.22. The van der Waals surface area contributed by atoms with E-state index in [1.807, 2.05) is 0 Å². The Balaban J connectivity index is 0.00000169. The highest BCUT2D eigenvalue weighted by Gasteiger charge is 2.18. The molecular weight excluding hydrogens is 395 g/mol. The van der Waals surface area contributed by atoms with Crippen LogP contribution in [0, 0.1) is 5.92 Å². The van der Waals surface area contributed by atoms with E-state index in [1.54, 1.807) is 36.0 Å². The van der Waals surface area contributed by atoms with Gasteiger partial charge in [0.2, 0.25) is 0 Å². The summed E-state index contributed by atoms with van der Waals surface area (Å²) in [5, 5.41) is 10.9. The van der Waals surface area contributed by atoms with Gasteiger partial charge in [-0.1, -0.05) is 0 Å². The van der Waals surface area contributed by atoms with E-state index in [-0.39, 0.29) is 36.6 Å². The van der Waals surface area contributed by atoms with Crippen LogP contribution in [0.5, 0.6) is 0 Å². The molecular formula is C17H22Cl2N4O2S. The van der Waals surface area contributed by atoms with Crippen LogP contribution >= 0.6 is 36.2 Å². The van der Waals surface area contributed by atoms with Gasteiger partial charge in [-0.2, -0.15) is 0 Å². The van der Waals surface area contributed by atoms with Gasteiger partial charge in [-0.05, 0) is 55.4 Å². The number of halogens is 2. The second kappa shape index (κ2) is 11.1. The molecule has 142 valence electrons. The van der Waals surface area contributed by atoms with Crippen LogP contribution in [-0.2, 0) is 0 Å². The third kappa shape index (κ3) is 5.95. The Morgan fingerprint density at radius 1 is 1.19 bits per heavy atom. The number of anilines is 1. The monoisotopic (exact) mass is 416 g/mol. The predicted molar refractivity (Wildman–Crippen MR) is 109 cm³/mol. The summed E-state index contributed by atoms with van der Waals surface area (Å²) in [6.07, 6.45) is 5.40. The van der Waals surface area contributed by atoms with Crippen LogP contribution in [-0.4, -0.2) is 36.4 Å². The predicted octanol–water partition coefficient (Wildman–Crippen LogP) is 2.97. The van der Waals surface area contributed by atoms with Crippen molar-refractivity contribution in [3.05, 3.63) is 46.4 Å². The average Bonchev–Trinajstić information content (AvgIpc) is 3.09. The number of nitrogens with one attached hydrogen (secondary N) is 3. The highest BCUT2D eigenvalue weighted by atomic mass is 35.5. The Morgan fingerprint density at radius 2 is 1.96 bits per heavy atom. The summed E-state index contributed by atoms with van der Waals surface area (Å²) in [6, 6.07) is 5.02. The quantitative estimate of drug-likeness (QED) is 0.699. The molecule has 0 aliphatic carbocycles. The Hall–Kier alpha value is -1.67. The number of aromatic nitrogens is 1. The Labute approximate surface area is 169 Å². The molecule has 1 unspecified atom stereocenters. The lowest BCUT2D eigenvalue weighted by Crippen LogP contribution is -2.38. The highest BCUT2D eigenvalue weighted by Crippen LogP contribution is 2.23. The molecule has 0 radical (unpaired) electrons. The summed E-state index contributed by atoms with van der Waals surface area (Å²) in [7, 11) is 0. The molecule has 3 N–H and O–H groups in total. The van der Waals surface area contributed by atoms with Gasteiger partial charge in [-0.15, -0.1) is 36.2 Å². The first kappa shape index (κ1) is 22.4. The standard InChI is InChI=1S/C17H20N4O2S.2ClH/c22-16(13-3-7-18-8-4-13)21-14-5-9-24-15(14)17(23)20-11-12-2-1-6-19-10-12;;/h3-5,7-9,12,19H,1-2,6,10-11H2,(H,20,23)(H,21,22);2*1H. The van der Waals surface area contributed by atoms with Crippen LogP contribution in [0.2, 0.25) is 0 Å². The summed E-state index contributed by atoms with van der Waals surface area (Å²) in [6.45, 7) is 2.65. The van der Waals surface area contributed by atoms with Crippen LogP contribution in [0.25, 0.3) is 0 Å². The Morgan fingerprint density at radius 3 is 2.65 bits per heavy atom. The number of pyridine rings is 1. The van der Waals surface area contributed by atoms with Gasteiger partial charge in [-0.25, -0.2) is 0 Å². The van der Waals surface area contributed by atoms with E-state index < -0.39 is 0 Å². The van der Waals surface area contributed by atoms with E-state index in [2.05, 4.69) is 20.9 Å². The van der Waals surface area contributed by atoms with Crippen LogP contribution < -0.4 is 16.0 Å². The first-order valence-corrected chi connectivity index (χ1v) is 8.90. The van der Waals surface area contributed by atoms with Crippen molar-refractivity contribution in [2.45, 2.75) is 12.8 Å². The van der Waals surface area contributed by atoms with Crippen molar-refractivity contribution >= 4 is 53.7 Å². The van der Waals surface area contributed by atoms with E-state index in [4.69, 9.17) is 0 Å². The lowest BCUT2D eigenvalue weighted by molar-refractivity contribution is 0.0949. The summed E-state index contributed by atoms with van der Waals surface area (Å²) in [5.74, 6) is 0.0828. The number of carbonyl (C=O) groups is 2. The molecule has 6 nitrogen and oxygen atoms in total. The molecule has 0 spiro atoms. The molecule has 2 amide bonds. The molecule has 0 aromatic carbocycles. The summed E-state index contributed by atoms with van der Waals surface area (Å²) in [4.78, 5) is 29.0. The Bertz CT molecular complexity index is 706. The van der Waals surface area contributed by atoms with Gasteiger partial charge in [-0.3, -0.25) is 14.6 Å². The number of piperidine rings is 1. The largest absolute Gasteiger partial charge is 0.351 e. The van der Waals surface area contributed by atoms with Gasteiger partial charge < -0.3 is 16.0 Å². The molecule has 1 atom stereocenters. The SMILES string of the molecule is Cl.Cl.O=C(Nc1ccsc1C(=O)NCC1CCCNC1)c1ccncc1. The second-order valence-corrected chi connectivity index (χ2v) is 6.69. The maximum absolute atomic E-state index is 12.4. The zero-order valence-electron chi connectivity index (χ0n) is 14.1. The molecule has 2 aromatic rings. The summed E-state index contributed by atoms with van der Waals surface area (Å²) < 4.78 is 0. The van der Waals surface area contributed by atoms with Crippen LogP contribution in [0.3, 0.4) is 0 Å². The molecule has 3 heterocycles. The van der Waals surface area contributed by atoms with Gasteiger partial charge >= 0.3 is 0 Å². The van der Waals surface area contributed by atoms with E-state index in [0.29, 0.717) is 28.6 Å². The smallest absolute Gasteiger partial charge is 0.263 e. The van der Waals surface area contributed by atoms with Gasteiger partial charge in [0, 0.05) is 24.5 Å². The normalized spacial score (nSPS) is 15.9. The molecule has 1 aliphatic heterocycles. The second-order valence-electron chi connectivity index (χ2n) is 5.78. The molecule has 26 heavy (non-hydrogen) atoms. The fraction of sp³-hybridized carbons (Fsp3) is 0.353. The van der Waals surface area contributed by atoms with Gasteiger partial charge in [0.1, 0.15) is 4.88 Å². The third-order valence-corrected chi connectivity index (χ3v) is 4.93. The minimum atomic E-state index is -0.249. The van der Waals surface area contributed by atoms with Crippen molar-refractivity contribution in [1.82, 2.24) is 15.6 Å². The lowest BCUT2D eigenvalue weighted by atomic mass is 10.00. The molecule has 0 bridgehead atoms. The maximum atomic E-state index is 12.4. The fourth-order valence-corrected chi connectivity index (χ4v) is 3.46. The highest BCUT2D eigenvalue weighted by molar-refractivity contribution is 7.12. The minimum absolute atomic E-state index is 0. The van der Waals surface area contributed by atoms with Gasteiger partial charge in [0.25, 0.3) is 11.8 Å². The molecule has 3 rings (SSSR count). The van der Waals surface area contributed by atoms with E-state index in [9.17, 15) is 9.59 Å². The van der Waals surface area contributed by atoms with Crippen molar-refractivity contribution in [2.24, 2.45) is 5.92 Å². The van der Waals surface area contributed by atoms with Crippen molar-refractivity contribution in [3.63, 3.8) is 0 Å². The van der Waals surface area contributed by atoms with Gasteiger partial charge in [0.15, 0.2) is 0 Å². The average molecular weight is 417 g/mol. The number of hydrogen-bond acceptors (Lipinski definition) is 5. The van der Waals surface area contributed by atoms with Gasteiger partial charge in [0.05, 0.1) is 5.69 Å². The number of rotatable bonds is 5. The number of amides is 2. The first-order valence-electron chi connectivity index (χ1n) is 8.02. The van der Waals surface area contributed by atoms with Crippen molar-refractivity contribution in [2.75, 3.05) is 25.0 Å². The number of hydrogen-bond donors (Lipinski definition) is 3. The fourth-order valence-electron chi connectivity index (χ4n) is 2.70. The van der Waals surface area contributed by atoms with E-state index >= 15 is 0 Å². The topological polar surface area (TPSA) is 83.1 Å². The first-order chi connectivity index (χ1) is 11.7. The third-order valence-electron chi connectivity index (χ3n) is 4.01. The number of thiophene rings is 1. The zero-order valence-corrected chi connectivity index (χ0v) is 16.5. The summed E-state index contributed by atoms with van der Waals surface area (Å²) in [5.41, 5.74) is 1.05. The Kier molecular flexibility index (Phi) is 9.58.